The van der Waals surface area contributed by atoms with Crippen LogP contribution in [-0.2, 0) is 4.74 Å². The Kier molecular flexibility index (Phi) is 5.34. The van der Waals surface area contributed by atoms with Crippen molar-refractivity contribution in [2.45, 2.75) is 32.2 Å². The van der Waals surface area contributed by atoms with Crippen molar-refractivity contribution in [2.75, 3.05) is 7.11 Å². The minimum Gasteiger partial charge on any atom is -0.465 e. The summed E-state index contributed by atoms with van der Waals surface area (Å²) in [5, 5.41) is 10.0. The normalized spacial score (nSPS) is 12.3. The van der Waals surface area contributed by atoms with Crippen molar-refractivity contribution in [2.24, 2.45) is 0 Å². The number of aliphatic hydroxyl groups excluding tert-OH is 1. The van der Waals surface area contributed by atoms with Gasteiger partial charge in [-0.1, -0.05) is 31.8 Å². The summed E-state index contributed by atoms with van der Waals surface area (Å²) in [5.41, 5.74) is 4.46. The third-order valence-corrected chi connectivity index (χ3v) is 3.40. The van der Waals surface area contributed by atoms with E-state index in [0.29, 0.717) is 12.0 Å². The highest BCUT2D eigenvalue weighted by atomic mass is 28.3. The number of methoxy groups -OCH3 is 1. The molecule has 0 aliphatic carbocycles. The van der Waals surface area contributed by atoms with Crippen LogP contribution in [0.15, 0.2) is 24.3 Å². The summed E-state index contributed by atoms with van der Waals surface area (Å²) < 4.78 is 4.62. The molecule has 3 nitrogen and oxygen atoms in total. The van der Waals surface area contributed by atoms with Gasteiger partial charge in [0.25, 0.3) is 0 Å². The Hall–Kier alpha value is -1.57. The maximum Gasteiger partial charge on any atom is 0.337 e. The van der Waals surface area contributed by atoms with Crippen molar-refractivity contribution in [1.29, 1.82) is 0 Å². The molecule has 0 fully saturated rings. The molecule has 19 heavy (non-hydrogen) atoms. The minimum absolute atomic E-state index is 0.375. The molecule has 0 saturated carbocycles. The van der Waals surface area contributed by atoms with Crippen molar-refractivity contribution in [1.82, 2.24) is 0 Å². The highest BCUT2D eigenvalue weighted by Crippen LogP contribution is 2.17. The van der Waals surface area contributed by atoms with Crippen molar-refractivity contribution in [3.05, 3.63) is 35.4 Å². The van der Waals surface area contributed by atoms with Crippen molar-refractivity contribution in [3.63, 3.8) is 0 Å². The van der Waals surface area contributed by atoms with E-state index in [2.05, 4.69) is 35.8 Å². The van der Waals surface area contributed by atoms with E-state index in [1.807, 2.05) is 0 Å². The van der Waals surface area contributed by atoms with Crippen LogP contribution in [0.1, 0.15) is 28.4 Å². The van der Waals surface area contributed by atoms with Crippen molar-refractivity contribution < 1.29 is 14.6 Å². The molecule has 1 aromatic carbocycles. The topological polar surface area (TPSA) is 46.5 Å². The first-order valence-electron chi connectivity index (χ1n) is 6.20. The molecule has 0 aliphatic heterocycles. The number of esters is 1. The van der Waals surface area contributed by atoms with Crippen LogP contribution >= 0.6 is 0 Å². The van der Waals surface area contributed by atoms with E-state index in [0.717, 1.165) is 5.56 Å². The van der Waals surface area contributed by atoms with E-state index in [1.165, 1.54) is 7.11 Å². The van der Waals surface area contributed by atoms with Gasteiger partial charge in [0.05, 0.1) is 18.8 Å². The second kappa shape index (κ2) is 6.55. The second-order valence-electron chi connectivity index (χ2n) is 5.39. The number of hydrogen-bond acceptors (Lipinski definition) is 3. The van der Waals surface area contributed by atoms with Crippen LogP contribution in [0.3, 0.4) is 0 Å². The van der Waals surface area contributed by atoms with E-state index < -0.39 is 14.2 Å². The largest absolute Gasteiger partial charge is 0.465 e. The molecule has 1 unspecified atom stereocenters. The van der Waals surface area contributed by atoms with E-state index in [-0.39, 0.29) is 5.97 Å². The molecule has 0 bridgehead atoms. The average Bonchev–Trinajstić information content (AvgIpc) is 2.36. The van der Waals surface area contributed by atoms with Crippen LogP contribution in [-0.4, -0.2) is 26.3 Å². The Morgan fingerprint density at radius 3 is 2.37 bits per heavy atom. The number of carbonyl (C=O) groups is 1. The lowest BCUT2D eigenvalue weighted by Crippen LogP contribution is -2.16. The number of ether oxygens (including phenoxy) is 1. The van der Waals surface area contributed by atoms with Crippen molar-refractivity contribution >= 4 is 14.0 Å². The number of aliphatic hydroxyl groups is 1. The molecule has 0 heterocycles. The fourth-order valence-electron chi connectivity index (χ4n) is 1.49. The molecular formula is C15H20O3Si. The number of hydrogen-bond donors (Lipinski definition) is 1. The zero-order valence-electron chi connectivity index (χ0n) is 11.9. The Bertz CT molecular complexity index is 489. The molecule has 1 atom stereocenters. The summed E-state index contributed by atoms with van der Waals surface area (Å²) in [6.45, 7) is 6.49. The average molecular weight is 276 g/mol. The van der Waals surface area contributed by atoms with Gasteiger partial charge < -0.3 is 9.84 Å². The van der Waals surface area contributed by atoms with Crippen LogP contribution in [0.4, 0.5) is 0 Å². The van der Waals surface area contributed by atoms with Crippen LogP contribution < -0.4 is 0 Å². The molecule has 1 rings (SSSR count). The van der Waals surface area contributed by atoms with Crippen LogP contribution in [0.2, 0.25) is 19.6 Å². The molecule has 1 N–H and O–H groups in total. The van der Waals surface area contributed by atoms with Gasteiger partial charge in [-0.25, -0.2) is 4.79 Å². The number of carbonyl (C=O) groups excluding carboxylic acids is 1. The first-order chi connectivity index (χ1) is 8.83. The van der Waals surface area contributed by atoms with E-state index >= 15 is 0 Å². The smallest absolute Gasteiger partial charge is 0.337 e. The SMILES string of the molecule is COC(=O)c1ccc(C(O)CC#C[Si](C)(C)C)cc1. The first-order valence-corrected chi connectivity index (χ1v) is 9.70. The molecule has 0 spiro atoms. The van der Waals surface area contributed by atoms with Gasteiger partial charge in [0, 0.05) is 6.42 Å². The van der Waals surface area contributed by atoms with Gasteiger partial charge in [-0.05, 0) is 17.7 Å². The molecule has 0 amide bonds. The summed E-state index contributed by atoms with van der Waals surface area (Å²) >= 11 is 0. The van der Waals surface area contributed by atoms with Crippen LogP contribution in [0.25, 0.3) is 0 Å². The molecule has 4 heteroatoms. The fourth-order valence-corrected chi connectivity index (χ4v) is 2.12. The Morgan fingerprint density at radius 2 is 1.89 bits per heavy atom. The predicted molar refractivity (Wildman–Crippen MR) is 78.5 cm³/mol. The third-order valence-electron chi connectivity index (χ3n) is 2.48. The number of benzene rings is 1. The zero-order valence-corrected chi connectivity index (χ0v) is 12.9. The van der Waals surface area contributed by atoms with E-state index in [4.69, 9.17) is 0 Å². The van der Waals surface area contributed by atoms with Gasteiger partial charge in [0.1, 0.15) is 8.07 Å². The van der Waals surface area contributed by atoms with Crippen LogP contribution in [0, 0.1) is 11.5 Å². The third kappa shape index (κ3) is 5.29. The second-order valence-corrected chi connectivity index (χ2v) is 10.1. The molecule has 102 valence electrons. The molecule has 1 aromatic rings. The molecule has 0 aromatic heterocycles. The lowest BCUT2D eigenvalue weighted by atomic mass is 10.1. The van der Waals surface area contributed by atoms with Gasteiger partial charge in [-0.3, -0.25) is 0 Å². The van der Waals surface area contributed by atoms with E-state index in [9.17, 15) is 9.90 Å². The zero-order chi connectivity index (χ0) is 14.5. The quantitative estimate of drug-likeness (QED) is 0.524. The summed E-state index contributed by atoms with van der Waals surface area (Å²) in [4.78, 5) is 11.3. The van der Waals surface area contributed by atoms with E-state index in [1.54, 1.807) is 24.3 Å². The Labute approximate surface area is 115 Å². The summed E-state index contributed by atoms with van der Waals surface area (Å²) in [5.74, 6) is 2.67. The molecular weight excluding hydrogens is 256 g/mol. The Morgan fingerprint density at radius 1 is 1.32 bits per heavy atom. The molecule has 0 aliphatic rings. The minimum atomic E-state index is -1.39. The predicted octanol–water partition coefficient (Wildman–Crippen LogP) is 2.78. The maximum atomic E-state index is 11.3. The molecule has 0 saturated heterocycles. The summed E-state index contributed by atoms with van der Waals surface area (Å²) in [6, 6.07) is 6.76. The number of rotatable bonds is 3. The lowest BCUT2D eigenvalue weighted by Gasteiger charge is -2.09. The highest BCUT2D eigenvalue weighted by molar-refractivity contribution is 6.83. The van der Waals surface area contributed by atoms with Crippen LogP contribution in [0.5, 0.6) is 0 Å². The van der Waals surface area contributed by atoms with Gasteiger partial charge in [-0.15, -0.1) is 11.5 Å². The summed E-state index contributed by atoms with van der Waals surface area (Å²) in [6.07, 6.45) is -0.197. The summed E-state index contributed by atoms with van der Waals surface area (Å²) in [7, 11) is -0.0429. The van der Waals surface area contributed by atoms with Crippen molar-refractivity contribution in [3.8, 4) is 11.5 Å². The molecule has 0 radical (unpaired) electrons. The fraction of sp³-hybridized carbons (Fsp3) is 0.400. The highest BCUT2D eigenvalue weighted by Gasteiger charge is 2.10. The van der Waals surface area contributed by atoms with Gasteiger partial charge in [0.2, 0.25) is 0 Å². The lowest BCUT2D eigenvalue weighted by molar-refractivity contribution is 0.0600. The Balaban J connectivity index is 2.70. The first kappa shape index (κ1) is 15.5. The van der Waals surface area contributed by atoms with Gasteiger partial charge >= 0.3 is 5.97 Å². The maximum absolute atomic E-state index is 11.3. The van der Waals surface area contributed by atoms with Gasteiger partial charge in [0.15, 0.2) is 0 Å². The van der Waals surface area contributed by atoms with Gasteiger partial charge in [-0.2, -0.15) is 0 Å². The standard InChI is InChI=1S/C15H20O3Si/c1-18-15(17)13-9-7-12(8-10-13)14(16)6-5-11-19(2,3)4/h7-10,14,16H,6H2,1-4H3. The monoisotopic (exact) mass is 276 g/mol.